The van der Waals surface area contributed by atoms with Crippen molar-refractivity contribution in [1.29, 1.82) is 0 Å². The minimum atomic E-state index is -2.86. The molecule has 0 radical (unpaired) electrons. The van der Waals surface area contributed by atoms with Crippen LogP contribution >= 0.6 is 0 Å². The maximum atomic E-state index is 12.5. The summed E-state index contributed by atoms with van der Waals surface area (Å²) >= 11 is 0. The van der Waals surface area contributed by atoms with Crippen LogP contribution in [-0.2, 0) is 0 Å². The number of hydrogen-bond acceptors (Lipinski definition) is 1. The molecule has 2 rings (SSSR count). The fraction of sp³-hybridized carbons (Fsp3) is 0.300. The monoisotopic (exact) mass is 200 g/mol. The van der Waals surface area contributed by atoms with E-state index in [0.29, 0.717) is 0 Å². The second-order valence-electron chi connectivity index (χ2n) is 3.39. The van der Waals surface area contributed by atoms with Crippen LogP contribution in [0.3, 0.4) is 0 Å². The van der Waals surface area contributed by atoms with E-state index >= 15 is 0 Å². The van der Waals surface area contributed by atoms with Gasteiger partial charge in [0.25, 0.3) is 5.92 Å². The van der Waals surface area contributed by atoms with Crippen molar-refractivity contribution in [2.75, 3.05) is 0 Å². The molecule has 1 aliphatic rings. The number of benzene rings is 1. The van der Waals surface area contributed by atoms with E-state index in [2.05, 4.69) is 0 Å². The predicted octanol–water partition coefficient (Wildman–Crippen LogP) is 2.66. The number of alkyl halides is 2. The lowest BCUT2D eigenvalue weighted by Gasteiger charge is -1.98. The summed E-state index contributed by atoms with van der Waals surface area (Å²) in [7, 11) is 0. The molecule has 0 spiro atoms. The Kier molecular flexibility index (Phi) is 1.87. The zero-order chi connectivity index (χ0) is 10.3. The van der Waals surface area contributed by atoms with Gasteiger partial charge in [0.05, 0.1) is 5.92 Å². The molecule has 0 N–H and O–H groups in total. The van der Waals surface area contributed by atoms with Crippen molar-refractivity contribution in [3.05, 3.63) is 35.6 Å². The van der Waals surface area contributed by atoms with Gasteiger partial charge < -0.3 is 0 Å². The molecule has 1 aromatic rings. The van der Waals surface area contributed by atoms with Crippen molar-refractivity contribution in [3.8, 4) is 0 Å². The number of Topliss-reactive ketones (excluding diaryl/α,β-unsaturated/α-hetero) is 1. The van der Waals surface area contributed by atoms with Gasteiger partial charge in [0.1, 0.15) is 5.82 Å². The molecular formula is C10H7F3O. The van der Waals surface area contributed by atoms with Gasteiger partial charge in [0.15, 0.2) is 5.78 Å². The Morgan fingerprint density at radius 1 is 1.29 bits per heavy atom. The van der Waals surface area contributed by atoms with Crippen molar-refractivity contribution in [2.45, 2.75) is 12.3 Å². The molecule has 1 aliphatic carbocycles. The lowest BCUT2D eigenvalue weighted by Crippen LogP contribution is -2.07. The lowest BCUT2D eigenvalue weighted by atomic mass is 10.1. The number of carbonyl (C=O) groups excluding carboxylic acids is 1. The van der Waals surface area contributed by atoms with Crippen molar-refractivity contribution >= 4 is 5.78 Å². The molecule has 0 amide bonds. The number of hydrogen-bond donors (Lipinski definition) is 0. The molecule has 0 aromatic heterocycles. The van der Waals surface area contributed by atoms with Crippen molar-refractivity contribution in [3.63, 3.8) is 0 Å². The van der Waals surface area contributed by atoms with E-state index in [-0.39, 0.29) is 12.0 Å². The van der Waals surface area contributed by atoms with E-state index in [1.165, 1.54) is 12.1 Å². The normalized spacial score (nSPS) is 23.2. The SMILES string of the molecule is O=C(c1ccc(F)cc1)C1CC1(F)F. The molecule has 14 heavy (non-hydrogen) atoms. The Bertz CT molecular complexity index is 369. The first kappa shape index (κ1) is 9.24. The maximum absolute atomic E-state index is 12.5. The second kappa shape index (κ2) is 2.83. The van der Waals surface area contributed by atoms with Crippen LogP contribution in [0.1, 0.15) is 16.8 Å². The Labute approximate surface area is 78.5 Å². The van der Waals surface area contributed by atoms with Crippen molar-refractivity contribution in [1.82, 2.24) is 0 Å². The van der Waals surface area contributed by atoms with Gasteiger partial charge in [-0.1, -0.05) is 0 Å². The van der Waals surface area contributed by atoms with E-state index in [1.807, 2.05) is 0 Å². The van der Waals surface area contributed by atoms with E-state index in [0.717, 1.165) is 12.1 Å². The highest BCUT2D eigenvalue weighted by atomic mass is 19.3. The molecule has 1 atom stereocenters. The Morgan fingerprint density at radius 2 is 1.79 bits per heavy atom. The van der Waals surface area contributed by atoms with Crippen LogP contribution < -0.4 is 0 Å². The second-order valence-corrected chi connectivity index (χ2v) is 3.39. The number of ketones is 1. The zero-order valence-corrected chi connectivity index (χ0v) is 7.14. The molecule has 0 bridgehead atoms. The number of rotatable bonds is 2. The summed E-state index contributed by atoms with van der Waals surface area (Å²) in [5.74, 6) is -5.14. The molecule has 74 valence electrons. The standard InChI is InChI=1S/C10H7F3O/c11-7-3-1-6(2-4-7)9(14)8-5-10(8,12)13/h1-4,8H,5H2. The van der Waals surface area contributed by atoms with Crippen LogP contribution in [0.4, 0.5) is 13.2 Å². The van der Waals surface area contributed by atoms with E-state index < -0.39 is 23.4 Å². The molecule has 0 aliphatic heterocycles. The smallest absolute Gasteiger partial charge is 0.259 e. The van der Waals surface area contributed by atoms with Crippen LogP contribution in [0.2, 0.25) is 0 Å². The van der Waals surface area contributed by atoms with Crippen LogP contribution in [-0.4, -0.2) is 11.7 Å². The average molecular weight is 200 g/mol. The fourth-order valence-electron chi connectivity index (χ4n) is 1.31. The quantitative estimate of drug-likeness (QED) is 0.671. The van der Waals surface area contributed by atoms with Gasteiger partial charge in [-0.25, -0.2) is 13.2 Å². The average Bonchev–Trinajstić information content (AvgIpc) is 2.75. The third-order valence-electron chi connectivity index (χ3n) is 2.27. The van der Waals surface area contributed by atoms with Gasteiger partial charge in [-0.2, -0.15) is 0 Å². The van der Waals surface area contributed by atoms with E-state index in [4.69, 9.17) is 0 Å². The number of halogens is 3. The van der Waals surface area contributed by atoms with Gasteiger partial charge in [-0.15, -0.1) is 0 Å². The van der Waals surface area contributed by atoms with E-state index in [9.17, 15) is 18.0 Å². The molecule has 1 saturated carbocycles. The molecule has 0 saturated heterocycles. The Hall–Kier alpha value is -1.32. The van der Waals surface area contributed by atoms with Gasteiger partial charge in [0, 0.05) is 12.0 Å². The van der Waals surface area contributed by atoms with Crippen molar-refractivity contribution in [2.24, 2.45) is 5.92 Å². The first-order valence-electron chi connectivity index (χ1n) is 4.18. The highest BCUT2D eigenvalue weighted by molar-refractivity contribution is 6.00. The Balaban J connectivity index is 2.17. The summed E-state index contributed by atoms with van der Waals surface area (Å²) < 4.78 is 37.5. The molecule has 0 heterocycles. The minimum Gasteiger partial charge on any atom is -0.294 e. The third-order valence-corrected chi connectivity index (χ3v) is 2.27. The summed E-state index contributed by atoms with van der Waals surface area (Å²) in [6.45, 7) is 0. The lowest BCUT2D eigenvalue weighted by molar-refractivity contribution is 0.0757. The topological polar surface area (TPSA) is 17.1 Å². The van der Waals surface area contributed by atoms with Gasteiger partial charge in [0.2, 0.25) is 0 Å². The summed E-state index contributed by atoms with van der Waals surface area (Å²) in [6.07, 6.45) is -0.386. The third kappa shape index (κ3) is 1.52. The first-order chi connectivity index (χ1) is 6.50. The molecule has 1 unspecified atom stereocenters. The predicted molar refractivity (Wildman–Crippen MR) is 43.8 cm³/mol. The van der Waals surface area contributed by atoms with Gasteiger partial charge in [-0.3, -0.25) is 4.79 Å². The minimum absolute atomic E-state index is 0.147. The van der Waals surface area contributed by atoms with Gasteiger partial charge in [-0.05, 0) is 24.3 Å². The van der Waals surface area contributed by atoms with Crippen LogP contribution in [0.15, 0.2) is 24.3 Å². The number of carbonyl (C=O) groups is 1. The van der Waals surface area contributed by atoms with E-state index in [1.54, 1.807) is 0 Å². The summed E-state index contributed by atoms with van der Waals surface area (Å²) in [5.41, 5.74) is 0.147. The van der Waals surface area contributed by atoms with Gasteiger partial charge >= 0.3 is 0 Å². The zero-order valence-electron chi connectivity index (χ0n) is 7.14. The summed E-state index contributed by atoms with van der Waals surface area (Å²) in [4.78, 5) is 11.3. The van der Waals surface area contributed by atoms with Crippen LogP contribution in [0, 0.1) is 11.7 Å². The molecule has 1 fully saturated rings. The first-order valence-corrected chi connectivity index (χ1v) is 4.18. The molecule has 1 nitrogen and oxygen atoms in total. The molecule has 1 aromatic carbocycles. The highest BCUT2D eigenvalue weighted by Crippen LogP contribution is 2.50. The summed E-state index contributed by atoms with van der Waals surface area (Å²) in [6, 6.07) is 4.64. The van der Waals surface area contributed by atoms with Crippen LogP contribution in [0.25, 0.3) is 0 Å². The maximum Gasteiger partial charge on any atom is 0.259 e. The largest absolute Gasteiger partial charge is 0.294 e. The van der Waals surface area contributed by atoms with Crippen molar-refractivity contribution < 1.29 is 18.0 Å². The molecule has 4 heteroatoms. The Morgan fingerprint density at radius 3 is 2.21 bits per heavy atom. The summed E-state index contributed by atoms with van der Waals surface area (Å²) in [5, 5.41) is 0. The molecular weight excluding hydrogens is 193 g/mol. The van der Waals surface area contributed by atoms with Crippen LogP contribution in [0.5, 0.6) is 0 Å². The highest BCUT2D eigenvalue weighted by Gasteiger charge is 2.60. The fourth-order valence-corrected chi connectivity index (χ4v) is 1.31.